The number of nitrogens with two attached hydrogens (primary N) is 1. The monoisotopic (exact) mass is 227 g/mol. The molecule has 1 rings (SSSR count). The van der Waals surface area contributed by atoms with Crippen LogP contribution in [0.25, 0.3) is 0 Å². The first-order chi connectivity index (χ1) is 7.52. The van der Waals surface area contributed by atoms with E-state index in [9.17, 15) is 0 Å². The maximum Gasteiger partial charge on any atom is 0.0391 e. The van der Waals surface area contributed by atoms with Crippen LogP contribution in [0, 0.1) is 5.92 Å². The van der Waals surface area contributed by atoms with Crippen LogP contribution in [-0.4, -0.2) is 29.6 Å². The lowest BCUT2D eigenvalue weighted by Gasteiger charge is -2.42. The van der Waals surface area contributed by atoms with E-state index in [1.165, 1.54) is 32.4 Å². The molecule has 0 radical (unpaired) electrons. The molecule has 2 unspecified atom stereocenters. The second-order valence-corrected chi connectivity index (χ2v) is 5.82. The topological polar surface area (TPSA) is 41.3 Å². The molecule has 0 aromatic heterocycles. The molecule has 0 bridgehead atoms. The van der Waals surface area contributed by atoms with Gasteiger partial charge < -0.3 is 0 Å². The van der Waals surface area contributed by atoms with Gasteiger partial charge >= 0.3 is 0 Å². The van der Waals surface area contributed by atoms with E-state index >= 15 is 0 Å². The van der Waals surface area contributed by atoms with E-state index in [0.717, 1.165) is 12.3 Å². The molecular formula is C13H29N3. The van der Waals surface area contributed by atoms with Crippen LogP contribution in [-0.2, 0) is 0 Å². The molecule has 1 fully saturated rings. The van der Waals surface area contributed by atoms with Gasteiger partial charge in [0, 0.05) is 11.6 Å². The van der Waals surface area contributed by atoms with E-state index in [2.05, 4.69) is 38.0 Å². The van der Waals surface area contributed by atoms with Gasteiger partial charge in [-0.3, -0.25) is 16.2 Å². The fourth-order valence-corrected chi connectivity index (χ4v) is 2.64. The molecule has 0 spiro atoms. The Balaban J connectivity index is 2.61. The first-order valence-corrected chi connectivity index (χ1v) is 6.73. The van der Waals surface area contributed by atoms with Crippen molar-refractivity contribution in [1.82, 2.24) is 10.3 Å². The summed E-state index contributed by atoms with van der Waals surface area (Å²) in [5.41, 5.74) is 3.22. The third-order valence-electron chi connectivity index (χ3n) is 4.31. The molecule has 3 heteroatoms. The van der Waals surface area contributed by atoms with Gasteiger partial charge in [-0.1, -0.05) is 20.3 Å². The summed E-state index contributed by atoms with van der Waals surface area (Å²) in [4.78, 5) is 2.58. The quantitative estimate of drug-likeness (QED) is 0.539. The molecule has 1 heterocycles. The molecule has 1 aliphatic rings. The van der Waals surface area contributed by atoms with E-state index < -0.39 is 0 Å². The normalized spacial score (nSPS) is 22.3. The minimum atomic E-state index is 0.175. The first-order valence-electron chi connectivity index (χ1n) is 6.73. The molecule has 96 valence electrons. The summed E-state index contributed by atoms with van der Waals surface area (Å²) in [5, 5.41) is 0. The minimum Gasteiger partial charge on any atom is -0.297 e. The van der Waals surface area contributed by atoms with E-state index in [1.54, 1.807) is 0 Å². The smallest absolute Gasteiger partial charge is 0.0391 e. The van der Waals surface area contributed by atoms with Gasteiger partial charge in [-0.15, -0.1) is 0 Å². The summed E-state index contributed by atoms with van der Waals surface area (Å²) in [6.07, 6.45) is 5.07. The minimum absolute atomic E-state index is 0.175. The summed E-state index contributed by atoms with van der Waals surface area (Å²) >= 11 is 0. The van der Waals surface area contributed by atoms with Crippen molar-refractivity contribution in [2.24, 2.45) is 11.8 Å². The average molecular weight is 227 g/mol. The van der Waals surface area contributed by atoms with Crippen LogP contribution in [0.2, 0.25) is 0 Å². The molecular weight excluding hydrogens is 198 g/mol. The largest absolute Gasteiger partial charge is 0.297 e. The van der Waals surface area contributed by atoms with Crippen LogP contribution in [0.15, 0.2) is 0 Å². The Labute approximate surface area is 101 Å². The highest BCUT2D eigenvalue weighted by Crippen LogP contribution is 2.27. The summed E-state index contributed by atoms with van der Waals surface area (Å²) in [6.45, 7) is 11.7. The third-order valence-corrected chi connectivity index (χ3v) is 4.31. The van der Waals surface area contributed by atoms with Gasteiger partial charge in [-0.05, 0) is 52.1 Å². The van der Waals surface area contributed by atoms with Crippen molar-refractivity contribution in [2.45, 2.75) is 65.0 Å². The van der Waals surface area contributed by atoms with Crippen LogP contribution < -0.4 is 11.3 Å². The summed E-state index contributed by atoms with van der Waals surface area (Å²) in [5.74, 6) is 6.49. The number of nitrogens with zero attached hydrogens (tertiary/aromatic N) is 1. The van der Waals surface area contributed by atoms with Crippen molar-refractivity contribution in [2.75, 3.05) is 13.1 Å². The third kappa shape index (κ3) is 3.19. The lowest BCUT2D eigenvalue weighted by molar-refractivity contribution is 0.0946. The zero-order valence-electron chi connectivity index (χ0n) is 11.4. The van der Waals surface area contributed by atoms with Crippen LogP contribution >= 0.6 is 0 Å². The van der Waals surface area contributed by atoms with Gasteiger partial charge in [0.15, 0.2) is 0 Å². The lowest BCUT2D eigenvalue weighted by atomic mass is 9.85. The second kappa shape index (κ2) is 5.99. The number of hydrogen-bond acceptors (Lipinski definition) is 3. The van der Waals surface area contributed by atoms with Crippen LogP contribution in [0.1, 0.15) is 53.4 Å². The highest BCUT2D eigenvalue weighted by Gasteiger charge is 2.36. The van der Waals surface area contributed by atoms with E-state index in [0.29, 0.717) is 6.04 Å². The second-order valence-electron chi connectivity index (χ2n) is 5.82. The van der Waals surface area contributed by atoms with Crippen molar-refractivity contribution < 1.29 is 0 Å². The summed E-state index contributed by atoms with van der Waals surface area (Å²) < 4.78 is 0. The van der Waals surface area contributed by atoms with Crippen molar-refractivity contribution in [3.63, 3.8) is 0 Å². The summed E-state index contributed by atoms with van der Waals surface area (Å²) in [6, 6.07) is 0.389. The Morgan fingerprint density at radius 2 is 1.88 bits per heavy atom. The van der Waals surface area contributed by atoms with Crippen LogP contribution in [0.5, 0.6) is 0 Å². The Morgan fingerprint density at radius 3 is 2.31 bits per heavy atom. The van der Waals surface area contributed by atoms with Gasteiger partial charge in [0.2, 0.25) is 0 Å². The Hall–Kier alpha value is -0.120. The number of hydrazine groups is 1. The maximum atomic E-state index is 5.75. The molecule has 2 atom stereocenters. The zero-order chi connectivity index (χ0) is 12.2. The Morgan fingerprint density at radius 1 is 1.31 bits per heavy atom. The molecule has 0 aromatic rings. The van der Waals surface area contributed by atoms with Gasteiger partial charge in [-0.25, -0.2) is 0 Å². The Bertz CT molecular complexity index is 197. The highest BCUT2D eigenvalue weighted by molar-refractivity contribution is 4.94. The predicted octanol–water partition coefficient (Wildman–Crippen LogP) is 2.13. The molecule has 1 aliphatic heterocycles. The van der Waals surface area contributed by atoms with E-state index in [-0.39, 0.29) is 5.54 Å². The first kappa shape index (κ1) is 13.9. The zero-order valence-corrected chi connectivity index (χ0v) is 11.4. The fourth-order valence-electron chi connectivity index (χ4n) is 2.64. The molecule has 3 N–H and O–H groups in total. The van der Waals surface area contributed by atoms with Crippen LogP contribution in [0.3, 0.4) is 0 Å². The number of hydrogen-bond donors (Lipinski definition) is 2. The van der Waals surface area contributed by atoms with Crippen molar-refractivity contribution in [3.05, 3.63) is 0 Å². The van der Waals surface area contributed by atoms with Crippen LogP contribution in [0.4, 0.5) is 0 Å². The van der Waals surface area contributed by atoms with Gasteiger partial charge in [0.1, 0.15) is 0 Å². The maximum absolute atomic E-state index is 5.75. The average Bonchev–Trinajstić information content (AvgIpc) is 2.78. The number of nitrogens with one attached hydrogen (secondary N) is 1. The lowest BCUT2D eigenvalue weighted by Crippen LogP contribution is -2.59. The molecule has 0 amide bonds. The van der Waals surface area contributed by atoms with Gasteiger partial charge in [0.25, 0.3) is 0 Å². The Kier molecular flexibility index (Phi) is 5.22. The van der Waals surface area contributed by atoms with E-state index in [4.69, 9.17) is 5.84 Å². The molecule has 0 aliphatic carbocycles. The van der Waals surface area contributed by atoms with Crippen molar-refractivity contribution in [3.8, 4) is 0 Å². The number of likely N-dealkylation sites (tertiary alicyclic amines) is 1. The number of rotatable bonds is 6. The van der Waals surface area contributed by atoms with Gasteiger partial charge in [-0.2, -0.15) is 0 Å². The predicted molar refractivity (Wildman–Crippen MR) is 70.1 cm³/mol. The van der Waals surface area contributed by atoms with Crippen molar-refractivity contribution in [1.29, 1.82) is 0 Å². The molecule has 3 nitrogen and oxygen atoms in total. The molecule has 1 saturated heterocycles. The SMILES string of the molecule is CCC(C)CC(NN)C(C)(C)N1CCCC1. The fraction of sp³-hybridized carbons (Fsp3) is 1.00. The van der Waals surface area contributed by atoms with Crippen molar-refractivity contribution >= 4 is 0 Å². The summed E-state index contributed by atoms with van der Waals surface area (Å²) in [7, 11) is 0. The highest BCUT2D eigenvalue weighted by atomic mass is 15.3. The standard InChI is InChI=1S/C13H29N3/c1-5-11(2)10-12(15-14)13(3,4)16-8-6-7-9-16/h11-12,15H,5-10,14H2,1-4H3. The van der Waals surface area contributed by atoms with E-state index in [1.807, 2.05) is 0 Å². The van der Waals surface area contributed by atoms with Gasteiger partial charge in [0.05, 0.1) is 0 Å². The molecule has 0 saturated carbocycles. The molecule has 0 aromatic carbocycles. The molecule has 16 heavy (non-hydrogen) atoms.